The standard InChI is InChI=1S/C17H18BN5O5/c19-17(20)22-7-9-4-11(8-21-6-9)15(24)23-13-5-10-2-1-3-12(16(25)26)14(10)28-18(13)27/h1-4,6,8,13,27H,5,7H2,(H,23,24)(H,25,26)(H4,19,20,22). The van der Waals surface area contributed by atoms with Gasteiger partial charge in [-0.2, -0.15) is 0 Å². The van der Waals surface area contributed by atoms with Crippen molar-refractivity contribution in [2.45, 2.75) is 18.9 Å². The molecule has 0 spiro atoms. The van der Waals surface area contributed by atoms with Crippen molar-refractivity contribution in [3.05, 3.63) is 58.9 Å². The van der Waals surface area contributed by atoms with E-state index in [1.807, 2.05) is 0 Å². The van der Waals surface area contributed by atoms with E-state index in [-0.39, 0.29) is 35.8 Å². The molecule has 7 N–H and O–H groups in total. The van der Waals surface area contributed by atoms with E-state index in [1.165, 1.54) is 18.5 Å². The smallest absolute Gasteiger partial charge is 0.534 e. The van der Waals surface area contributed by atoms with Gasteiger partial charge in [0.15, 0.2) is 5.96 Å². The Bertz CT molecular complexity index is 947. The summed E-state index contributed by atoms with van der Waals surface area (Å²) in [6, 6.07) is 6.24. The second kappa shape index (κ2) is 7.97. The Kier molecular flexibility index (Phi) is 5.45. The summed E-state index contributed by atoms with van der Waals surface area (Å²) >= 11 is 0. The van der Waals surface area contributed by atoms with Gasteiger partial charge in [-0.05, 0) is 29.7 Å². The van der Waals surface area contributed by atoms with E-state index in [9.17, 15) is 19.7 Å². The number of hydrogen-bond acceptors (Lipinski definition) is 6. The lowest BCUT2D eigenvalue weighted by Gasteiger charge is -2.28. The molecule has 144 valence electrons. The summed E-state index contributed by atoms with van der Waals surface area (Å²) in [4.78, 5) is 31.7. The molecule has 1 aliphatic heterocycles. The van der Waals surface area contributed by atoms with Crippen molar-refractivity contribution in [1.29, 1.82) is 0 Å². The largest absolute Gasteiger partial charge is 0.547 e. The average molecular weight is 383 g/mol. The Morgan fingerprint density at radius 1 is 1.36 bits per heavy atom. The number of guanidine groups is 1. The molecule has 10 nitrogen and oxygen atoms in total. The molecular formula is C17H18BN5O5. The van der Waals surface area contributed by atoms with E-state index in [0.717, 1.165) is 0 Å². The van der Waals surface area contributed by atoms with E-state index in [1.54, 1.807) is 18.2 Å². The van der Waals surface area contributed by atoms with E-state index in [2.05, 4.69) is 15.3 Å². The molecular weight excluding hydrogens is 365 g/mol. The van der Waals surface area contributed by atoms with Gasteiger partial charge in [-0.3, -0.25) is 9.78 Å². The number of nitrogens with zero attached hydrogens (tertiary/aromatic N) is 2. The van der Waals surface area contributed by atoms with Crippen LogP contribution in [0.4, 0.5) is 0 Å². The number of carbonyl (C=O) groups excluding carboxylic acids is 1. The minimum Gasteiger partial charge on any atom is -0.534 e. The molecule has 0 fully saturated rings. The highest BCUT2D eigenvalue weighted by molar-refractivity contribution is 6.47. The van der Waals surface area contributed by atoms with Crippen LogP contribution >= 0.6 is 0 Å². The van der Waals surface area contributed by atoms with Crippen molar-refractivity contribution in [3.63, 3.8) is 0 Å². The zero-order valence-electron chi connectivity index (χ0n) is 14.7. The molecule has 28 heavy (non-hydrogen) atoms. The number of benzene rings is 1. The monoisotopic (exact) mass is 383 g/mol. The van der Waals surface area contributed by atoms with Crippen LogP contribution in [0.2, 0.25) is 0 Å². The average Bonchev–Trinajstić information content (AvgIpc) is 2.66. The first kappa shape index (κ1) is 19.2. The van der Waals surface area contributed by atoms with Gasteiger partial charge in [-0.15, -0.1) is 0 Å². The van der Waals surface area contributed by atoms with Crippen molar-refractivity contribution < 1.29 is 24.4 Å². The lowest BCUT2D eigenvalue weighted by Crippen LogP contribution is -2.53. The number of para-hydroxylation sites is 1. The topological polar surface area (TPSA) is 173 Å². The van der Waals surface area contributed by atoms with E-state index < -0.39 is 24.9 Å². The predicted octanol–water partition coefficient (Wildman–Crippen LogP) is -0.694. The minimum absolute atomic E-state index is 0.0436. The summed E-state index contributed by atoms with van der Waals surface area (Å²) < 4.78 is 5.36. The molecule has 2 aromatic rings. The number of carboxylic acid groups (broad SMARTS) is 1. The van der Waals surface area contributed by atoms with Gasteiger partial charge >= 0.3 is 13.1 Å². The Morgan fingerprint density at radius 3 is 2.86 bits per heavy atom. The Balaban J connectivity index is 1.75. The third-order valence-electron chi connectivity index (χ3n) is 4.17. The molecule has 0 saturated heterocycles. The zero-order valence-corrected chi connectivity index (χ0v) is 14.7. The van der Waals surface area contributed by atoms with Gasteiger partial charge in [0.05, 0.1) is 23.6 Å². The maximum atomic E-state index is 12.5. The molecule has 1 aromatic carbocycles. The van der Waals surface area contributed by atoms with Gasteiger partial charge in [-0.1, -0.05) is 12.1 Å². The summed E-state index contributed by atoms with van der Waals surface area (Å²) in [5.41, 5.74) is 12.0. The van der Waals surface area contributed by atoms with Gasteiger partial charge in [0.25, 0.3) is 5.91 Å². The minimum atomic E-state index is -1.39. The number of pyridine rings is 1. The fourth-order valence-corrected chi connectivity index (χ4v) is 2.85. The van der Waals surface area contributed by atoms with Crippen molar-refractivity contribution in [3.8, 4) is 5.75 Å². The van der Waals surface area contributed by atoms with E-state index in [0.29, 0.717) is 11.1 Å². The molecule has 2 heterocycles. The predicted molar refractivity (Wildman–Crippen MR) is 101 cm³/mol. The highest BCUT2D eigenvalue weighted by Gasteiger charge is 2.37. The van der Waals surface area contributed by atoms with Crippen molar-refractivity contribution in [2.75, 3.05) is 0 Å². The fourth-order valence-electron chi connectivity index (χ4n) is 2.85. The number of fused-ring (bicyclic) bond motifs is 1. The third kappa shape index (κ3) is 4.21. The molecule has 0 aliphatic carbocycles. The molecule has 0 radical (unpaired) electrons. The lowest BCUT2D eigenvalue weighted by atomic mass is 9.72. The SMILES string of the molecule is NC(N)=NCc1cncc(C(=O)NC2Cc3cccc(C(=O)O)c3OB2O)c1. The maximum absolute atomic E-state index is 12.5. The second-order valence-corrected chi connectivity index (χ2v) is 6.21. The highest BCUT2D eigenvalue weighted by atomic mass is 16.5. The van der Waals surface area contributed by atoms with E-state index in [4.69, 9.17) is 16.1 Å². The third-order valence-corrected chi connectivity index (χ3v) is 4.17. The number of amides is 1. The summed E-state index contributed by atoms with van der Waals surface area (Å²) in [6.45, 7) is 0.178. The first-order valence-electron chi connectivity index (χ1n) is 8.35. The van der Waals surface area contributed by atoms with Crippen molar-refractivity contribution in [2.24, 2.45) is 16.5 Å². The number of hydrogen-bond donors (Lipinski definition) is 5. The van der Waals surface area contributed by atoms with Crippen molar-refractivity contribution >= 4 is 25.0 Å². The number of carbonyl (C=O) groups is 2. The van der Waals surface area contributed by atoms with Crippen LogP contribution in [0.3, 0.4) is 0 Å². The van der Waals surface area contributed by atoms with Crippen molar-refractivity contribution in [1.82, 2.24) is 10.3 Å². The summed E-state index contributed by atoms with van der Waals surface area (Å²) in [6.07, 6.45) is 3.12. The normalized spacial score (nSPS) is 15.2. The quantitative estimate of drug-likeness (QED) is 0.256. The summed E-state index contributed by atoms with van der Waals surface area (Å²) in [7, 11) is -1.39. The number of carboxylic acids is 1. The van der Waals surface area contributed by atoms with E-state index >= 15 is 0 Å². The van der Waals surface area contributed by atoms with Gasteiger partial charge in [0.1, 0.15) is 5.75 Å². The first-order valence-corrected chi connectivity index (χ1v) is 8.35. The fraction of sp³-hybridized carbons (Fsp3) is 0.176. The molecule has 11 heteroatoms. The highest BCUT2D eigenvalue weighted by Crippen LogP contribution is 2.30. The maximum Gasteiger partial charge on any atom is 0.547 e. The van der Waals surface area contributed by atoms with Gasteiger partial charge < -0.3 is 31.6 Å². The lowest BCUT2D eigenvalue weighted by molar-refractivity contribution is 0.0693. The van der Waals surface area contributed by atoms with Crippen LogP contribution in [-0.4, -0.2) is 46.0 Å². The van der Waals surface area contributed by atoms with Crippen LogP contribution in [-0.2, 0) is 13.0 Å². The number of aliphatic imine (C=N–C) groups is 1. The van der Waals surface area contributed by atoms with Gasteiger partial charge in [-0.25, -0.2) is 9.79 Å². The molecule has 1 unspecified atom stereocenters. The molecule has 1 aromatic heterocycles. The molecule has 1 aliphatic rings. The Hall–Kier alpha value is -3.60. The summed E-state index contributed by atoms with van der Waals surface area (Å²) in [5.74, 6) is -2.35. The Labute approximate surface area is 160 Å². The Morgan fingerprint density at radius 2 is 2.14 bits per heavy atom. The molecule has 1 atom stereocenters. The van der Waals surface area contributed by atoms with Crippen LogP contribution in [0.25, 0.3) is 0 Å². The number of aromatic carboxylic acids is 1. The van der Waals surface area contributed by atoms with Gasteiger partial charge in [0, 0.05) is 12.4 Å². The number of nitrogens with one attached hydrogen (secondary N) is 1. The van der Waals surface area contributed by atoms with Crippen LogP contribution in [0.15, 0.2) is 41.7 Å². The van der Waals surface area contributed by atoms with Crippen LogP contribution in [0.1, 0.15) is 31.8 Å². The van der Waals surface area contributed by atoms with Crippen LogP contribution in [0.5, 0.6) is 5.75 Å². The number of nitrogens with two attached hydrogens (primary N) is 2. The number of rotatable bonds is 5. The summed E-state index contributed by atoms with van der Waals surface area (Å²) in [5, 5.41) is 22.1. The van der Waals surface area contributed by atoms with Gasteiger partial charge in [0.2, 0.25) is 0 Å². The van der Waals surface area contributed by atoms with Crippen LogP contribution in [0, 0.1) is 0 Å². The molecule has 1 amide bonds. The first-order chi connectivity index (χ1) is 13.3. The molecule has 3 rings (SSSR count). The molecule has 0 bridgehead atoms. The number of aromatic nitrogens is 1. The second-order valence-electron chi connectivity index (χ2n) is 6.21. The van der Waals surface area contributed by atoms with Crippen LogP contribution < -0.4 is 21.4 Å². The molecule has 0 saturated carbocycles. The zero-order chi connectivity index (χ0) is 20.3.